The Hall–Kier alpha value is -0.710. The molecule has 0 aliphatic heterocycles. The molecule has 6 heteroatoms. The third kappa shape index (κ3) is 6.19. The Balaban J connectivity index is 1.88. The van der Waals surface area contributed by atoms with Crippen LogP contribution in [0.1, 0.15) is 50.5 Å². The number of rotatable bonds is 3. The second-order valence-corrected chi connectivity index (χ2v) is 7.24. The number of benzene rings is 1. The third-order valence-corrected chi connectivity index (χ3v) is 5.03. The molecular formula is C16H21Cl2N3S. The summed E-state index contributed by atoms with van der Waals surface area (Å²) in [5.41, 5.74) is 8.09. The van der Waals surface area contributed by atoms with Crippen LogP contribution in [0.4, 0.5) is 0 Å². The van der Waals surface area contributed by atoms with Crippen LogP contribution in [0.15, 0.2) is 28.4 Å². The van der Waals surface area contributed by atoms with Crippen molar-refractivity contribution in [2.24, 2.45) is 15.9 Å². The van der Waals surface area contributed by atoms with E-state index in [1.165, 1.54) is 49.6 Å². The number of halogens is 2. The lowest BCUT2D eigenvalue weighted by Gasteiger charge is -2.09. The number of hydrogen-bond donors (Lipinski definition) is 1. The van der Waals surface area contributed by atoms with Gasteiger partial charge in [0.05, 0.1) is 0 Å². The van der Waals surface area contributed by atoms with E-state index >= 15 is 0 Å². The van der Waals surface area contributed by atoms with Crippen LogP contribution in [0.25, 0.3) is 0 Å². The van der Waals surface area contributed by atoms with Gasteiger partial charge in [0.25, 0.3) is 0 Å². The highest BCUT2D eigenvalue weighted by Gasteiger charge is 2.06. The summed E-state index contributed by atoms with van der Waals surface area (Å²) in [7, 11) is 0. The highest BCUT2D eigenvalue weighted by atomic mass is 35.5. The largest absolute Gasteiger partial charge is 0.377 e. The molecule has 0 radical (unpaired) electrons. The molecule has 120 valence electrons. The van der Waals surface area contributed by atoms with Crippen LogP contribution in [-0.2, 0) is 5.75 Å². The van der Waals surface area contributed by atoms with E-state index in [0.29, 0.717) is 21.0 Å². The molecule has 0 amide bonds. The Morgan fingerprint density at radius 1 is 1.09 bits per heavy atom. The van der Waals surface area contributed by atoms with Crippen LogP contribution in [0.5, 0.6) is 0 Å². The zero-order chi connectivity index (χ0) is 15.8. The molecule has 22 heavy (non-hydrogen) atoms. The molecule has 1 aromatic rings. The first kappa shape index (κ1) is 17.6. The molecular weight excluding hydrogens is 337 g/mol. The summed E-state index contributed by atoms with van der Waals surface area (Å²) < 4.78 is 0. The lowest BCUT2D eigenvalue weighted by atomic mass is 9.99. The monoisotopic (exact) mass is 357 g/mol. The van der Waals surface area contributed by atoms with E-state index in [-0.39, 0.29) is 0 Å². The Kier molecular flexibility index (Phi) is 7.56. The first-order valence-electron chi connectivity index (χ1n) is 7.61. The maximum absolute atomic E-state index is 6.14. The molecule has 0 saturated heterocycles. The predicted octanol–water partition coefficient (Wildman–Crippen LogP) is 5.64. The van der Waals surface area contributed by atoms with Gasteiger partial charge < -0.3 is 5.73 Å². The highest BCUT2D eigenvalue weighted by Crippen LogP contribution is 2.24. The topological polar surface area (TPSA) is 50.7 Å². The zero-order valence-corrected chi connectivity index (χ0v) is 14.9. The fourth-order valence-electron chi connectivity index (χ4n) is 2.35. The molecule has 0 bridgehead atoms. The minimum absolute atomic E-state index is 0.473. The maximum Gasteiger partial charge on any atom is 0.180 e. The molecule has 0 unspecified atom stereocenters. The van der Waals surface area contributed by atoms with Gasteiger partial charge in [-0.15, -0.1) is 5.10 Å². The second-order valence-electron chi connectivity index (χ2n) is 5.40. The summed E-state index contributed by atoms with van der Waals surface area (Å²) in [6.45, 7) is 0. The van der Waals surface area contributed by atoms with Crippen molar-refractivity contribution in [2.75, 3.05) is 0 Å². The Morgan fingerprint density at radius 2 is 1.77 bits per heavy atom. The lowest BCUT2D eigenvalue weighted by molar-refractivity contribution is 0.605. The molecule has 0 heterocycles. The summed E-state index contributed by atoms with van der Waals surface area (Å²) in [5, 5.41) is 10.3. The van der Waals surface area contributed by atoms with Gasteiger partial charge in [-0.1, -0.05) is 60.3 Å². The fourth-order valence-corrected chi connectivity index (χ4v) is 3.56. The first-order valence-corrected chi connectivity index (χ1v) is 9.35. The molecule has 0 atom stereocenters. The maximum atomic E-state index is 6.14. The van der Waals surface area contributed by atoms with E-state index < -0.39 is 0 Å². The van der Waals surface area contributed by atoms with E-state index in [2.05, 4.69) is 10.2 Å². The quantitative estimate of drug-likeness (QED) is 0.432. The van der Waals surface area contributed by atoms with Gasteiger partial charge in [0.15, 0.2) is 5.17 Å². The van der Waals surface area contributed by atoms with Crippen molar-refractivity contribution in [1.29, 1.82) is 0 Å². The summed E-state index contributed by atoms with van der Waals surface area (Å²) in [5.74, 6) is 0.663. The number of thioether (sulfide) groups is 1. The van der Waals surface area contributed by atoms with Crippen molar-refractivity contribution in [3.05, 3.63) is 33.8 Å². The summed E-state index contributed by atoms with van der Waals surface area (Å²) in [6, 6.07) is 5.47. The van der Waals surface area contributed by atoms with E-state index in [0.717, 1.165) is 18.4 Å². The van der Waals surface area contributed by atoms with Crippen LogP contribution < -0.4 is 5.73 Å². The average Bonchev–Trinajstić information content (AvgIpc) is 2.45. The molecule has 1 fully saturated rings. The van der Waals surface area contributed by atoms with Crippen LogP contribution in [0.2, 0.25) is 10.0 Å². The smallest absolute Gasteiger partial charge is 0.180 e. The van der Waals surface area contributed by atoms with Crippen molar-refractivity contribution in [2.45, 2.75) is 50.7 Å². The van der Waals surface area contributed by atoms with Gasteiger partial charge in [-0.25, -0.2) is 0 Å². The molecule has 3 nitrogen and oxygen atoms in total. The van der Waals surface area contributed by atoms with Gasteiger partial charge in [0.1, 0.15) is 0 Å². The van der Waals surface area contributed by atoms with Gasteiger partial charge in [0.2, 0.25) is 0 Å². The zero-order valence-electron chi connectivity index (χ0n) is 12.5. The molecule has 1 aromatic carbocycles. The van der Waals surface area contributed by atoms with Crippen molar-refractivity contribution in [1.82, 2.24) is 0 Å². The fraction of sp³-hybridized carbons (Fsp3) is 0.500. The molecule has 2 N–H and O–H groups in total. The number of nitrogens with zero attached hydrogens (tertiary/aromatic N) is 2. The van der Waals surface area contributed by atoms with Crippen molar-refractivity contribution in [3.63, 3.8) is 0 Å². The minimum Gasteiger partial charge on any atom is -0.377 e. The second kappa shape index (κ2) is 9.43. The van der Waals surface area contributed by atoms with Gasteiger partial charge >= 0.3 is 0 Å². The number of hydrogen-bond acceptors (Lipinski definition) is 3. The lowest BCUT2D eigenvalue weighted by Crippen LogP contribution is -2.08. The van der Waals surface area contributed by atoms with Crippen LogP contribution >= 0.6 is 35.0 Å². The molecule has 1 saturated carbocycles. The van der Waals surface area contributed by atoms with Crippen molar-refractivity contribution >= 4 is 45.8 Å². The SMILES string of the molecule is N/C(=N/N=C1CCCCCCC1)SCc1ccc(Cl)cc1Cl. The van der Waals surface area contributed by atoms with Gasteiger partial charge in [-0.3, -0.25) is 0 Å². The van der Waals surface area contributed by atoms with E-state index in [1.807, 2.05) is 12.1 Å². The van der Waals surface area contributed by atoms with Crippen LogP contribution in [-0.4, -0.2) is 10.9 Å². The third-order valence-electron chi connectivity index (χ3n) is 3.61. The van der Waals surface area contributed by atoms with E-state index in [1.54, 1.807) is 6.07 Å². The van der Waals surface area contributed by atoms with Crippen LogP contribution in [0.3, 0.4) is 0 Å². The molecule has 2 rings (SSSR count). The minimum atomic E-state index is 0.473. The Bertz CT molecular complexity index is 548. The normalized spacial score (nSPS) is 17.0. The number of nitrogens with two attached hydrogens (primary N) is 1. The molecule has 0 aromatic heterocycles. The van der Waals surface area contributed by atoms with E-state index in [9.17, 15) is 0 Å². The number of amidine groups is 1. The van der Waals surface area contributed by atoms with Gasteiger partial charge in [-0.05, 0) is 43.4 Å². The van der Waals surface area contributed by atoms with E-state index in [4.69, 9.17) is 28.9 Å². The molecule has 0 spiro atoms. The Morgan fingerprint density at radius 3 is 2.45 bits per heavy atom. The summed E-state index contributed by atoms with van der Waals surface area (Å²) in [4.78, 5) is 0. The summed E-state index contributed by atoms with van der Waals surface area (Å²) in [6.07, 6.45) is 8.44. The Labute approximate surface area is 146 Å². The average molecular weight is 358 g/mol. The van der Waals surface area contributed by atoms with Crippen molar-refractivity contribution < 1.29 is 0 Å². The van der Waals surface area contributed by atoms with Gasteiger partial charge in [0, 0.05) is 21.5 Å². The van der Waals surface area contributed by atoms with Gasteiger partial charge in [-0.2, -0.15) is 5.10 Å². The first-order chi connectivity index (χ1) is 10.6. The predicted molar refractivity (Wildman–Crippen MR) is 99.1 cm³/mol. The highest BCUT2D eigenvalue weighted by molar-refractivity contribution is 8.13. The summed E-state index contributed by atoms with van der Waals surface area (Å²) >= 11 is 13.5. The molecule has 1 aliphatic carbocycles. The molecule has 1 aliphatic rings. The standard InChI is InChI=1S/C16H21Cl2N3S/c17-13-9-8-12(15(18)10-13)11-22-16(19)21-20-14-6-4-2-1-3-5-7-14/h8-10H,1-7,11H2,(H2,19,21). The van der Waals surface area contributed by atoms with Crippen LogP contribution in [0, 0.1) is 0 Å². The van der Waals surface area contributed by atoms with Crippen molar-refractivity contribution in [3.8, 4) is 0 Å².